The van der Waals surface area contributed by atoms with Gasteiger partial charge in [0.05, 0.1) is 18.5 Å². The summed E-state index contributed by atoms with van der Waals surface area (Å²) >= 11 is 0. The van der Waals surface area contributed by atoms with E-state index in [2.05, 4.69) is 20.5 Å². The number of hydrazone groups is 1. The van der Waals surface area contributed by atoms with Crippen LogP contribution in [0.4, 0.5) is 10.3 Å². The zero-order chi connectivity index (χ0) is 21.3. The molecule has 3 aromatic heterocycles. The standard InChI is InChI=1S/C20H18FN7O2/c1-26-17-16(18(29)27(2)20(26)30)28(12-13-6-8-14(21)9-7-13)19(24-17)25-23-11-15-5-3-4-10-22-15/h3-11H,12H2,1-2H3,(H,24,25). The normalized spacial score (nSPS) is 11.4. The van der Waals surface area contributed by atoms with Crippen molar-refractivity contribution in [2.24, 2.45) is 19.2 Å². The van der Waals surface area contributed by atoms with Crippen molar-refractivity contribution in [1.29, 1.82) is 0 Å². The van der Waals surface area contributed by atoms with Crippen LogP contribution in [0.25, 0.3) is 11.2 Å². The third kappa shape index (κ3) is 3.50. The largest absolute Gasteiger partial charge is 0.332 e. The summed E-state index contributed by atoms with van der Waals surface area (Å²) < 4.78 is 17.2. The molecule has 4 aromatic rings. The van der Waals surface area contributed by atoms with Crippen LogP contribution in [0.2, 0.25) is 0 Å². The Morgan fingerprint density at radius 3 is 2.57 bits per heavy atom. The van der Waals surface area contributed by atoms with E-state index in [0.717, 1.165) is 10.1 Å². The highest BCUT2D eigenvalue weighted by molar-refractivity contribution is 5.78. The van der Waals surface area contributed by atoms with E-state index in [1.807, 2.05) is 6.07 Å². The minimum Gasteiger partial charge on any atom is -0.298 e. The van der Waals surface area contributed by atoms with Crippen molar-refractivity contribution < 1.29 is 4.39 Å². The lowest BCUT2D eigenvalue weighted by Gasteiger charge is -2.09. The highest BCUT2D eigenvalue weighted by Crippen LogP contribution is 2.18. The fourth-order valence-electron chi connectivity index (χ4n) is 3.07. The Hall–Kier alpha value is -4.08. The lowest BCUT2D eigenvalue weighted by molar-refractivity contribution is 0.626. The fourth-order valence-corrected chi connectivity index (χ4v) is 3.07. The van der Waals surface area contributed by atoms with Crippen LogP contribution in [-0.4, -0.2) is 29.9 Å². The van der Waals surface area contributed by atoms with Crippen LogP contribution in [-0.2, 0) is 20.6 Å². The Kier molecular flexibility index (Phi) is 4.97. The van der Waals surface area contributed by atoms with Crippen molar-refractivity contribution in [3.05, 3.63) is 86.6 Å². The smallest absolute Gasteiger partial charge is 0.298 e. The van der Waals surface area contributed by atoms with E-state index in [-0.39, 0.29) is 29.5 Å². The summed E-state index contributed by atoms with van der Waals surface area (Å²) in [5, 5.41) is 4.15. The monoisotopic (exact) mass is 407 g/mol. The van der Waals surface area contributed by atoms with Gasteiger partial charge in [0.15, 0.2) is 11.2 Å². The third-order valence-corrected chi connectivity index (χ3v) is 4.65. The molecule has 0 spiro atoms. The predicted molar refractivity (Wildman–Crippen MR) is 111 cm³/mol. The average molecular weight is 407 g/mol. The molecule has 3 heterocycles. The zero-order valence-corrected chi connectivity index (χ0v) is 16.3. The molecule has 0 atom stereocenters. The molecule has 10 heteroatoms. The Balaban J connectivity index is 1.83. The number of nitrogens with one attached hydrogen (secondary N) is 1. The number of fused-ring (bicyclic) bond motifs is 1. The molecule has 0 saturated carbocycles. The number of anilines is 1. The summed E-state index contributed by atoms with van der Waals surface area (Å²) in [5.74, 6) is -0.0920. The molecular formula is C20H18FN7O2. The highest BCUT2D eigenvalue weighted by Gasteiger charge is 2.19. The molecule has 4 rings (SSSR count). The molecule has 30 heavy (non-hydrogen) atoms. The number of benzene rings is 1. The number of halogens is 1. The number of rotatable bonds is 5. The van der Waals surface area contributed by atoms with Crippen LogP contribution in [0.3, 0.4) is 0 Å². The summed E-state index contributed by atoms with van der Waals surface area (Å²) in [6.45, 7) is 0.228. The topological polar surface area (TPSA) is 99.1 Å². The number of aryl methyl sites for hydroxylation is 1. The zero-order valence-electron chi connectivity index (χ0n) is 16.3. The molecule has 0 unspecified atom stereocenters. The molecule has 0 fully saturated rings. The Morgan fingerprint density at radius 1 is 1.10 bits per heavy atom. The van der Waals surface area contributed by atoms with Crippen LogP contribution in [0.1, 0.15) is 11.3 Å². The first-order valence-electron chi connectivity index (χ1n) is 9.06. The van der Waals surface area contributed by atoms with E-state index in [9.17, 15) is 14.0 Å². The van der Waals surface area contributed by atoms with E-state index < -0.39 is 11.2 Å². The van der Waals surface area contributed by atoms with Crippen molar-refractivity contribution >= 4 is 23.3 Å². The van der Waals surface area contributed by atoms with Crippen LogP contribution in [0, 0.1) is 5.82 Å². The summed E-state index contributed by atoms with van der Waals surface area (Å²) in [6, 6.07) is 11.3. The molecule has 0 bridgehead atoms. The number of imidazole rings is 1. The molecule has 0 aliphatic carbocycles. The number of pyridine rings is 1. The van der Waals surface area contributed by atoms with Gasteiger partial charge in [-0.1, -0.05) is 18.2 Å². The van der Waals surface area contributed by atoms with Crippen LogP contribution >= 0.6 is 0 Å². The number of hydrogen-bond acceptors (Lipinski definition) is 6. The van der Waals surface area contributed by atoms with Crippen molar-refractivity contribution in [2.45, 2.75) is 6.54 Å². The average Bonchev–Trinajstić information content (AvgIpc) is 3.11. The molecule has 0 aliphatic heterocycles. The molecule has 0 aliphatic rings. The van der Waals surface area contributed by atoms with Gasteiger partial charge in [0, 0.05) is 20.3 Å². The van der Waals surface area contributed by atoms with Gasteiger partial charge >= 0.3 is 5.69 Å². The number of nitrogens with zero attached hydrogens (tertiary/aromatic N) is 6. The first-order chi connectivity index (χ1) is 14.5. The molecule has 152 valence electrons. The second-order valence-corrected chi connectivity index (χ2v) is 6.65. The van der Waals surface area contributed by atoms with Gasteiger partial charge in [-0.05, 0) is 29.8 Å². The van der Waals surface area contributed by atoms with Gasteiger partial charge in [-0.2, -0.15) is 10.1 Å². The molecule has 0 amide bonds. The summed E-state index contributed by atoms with van der Waals surface area (Å²) in [7, 11) is 2.95. The Labute approximate surface area is 169 Å². The minimum absolute atomic E-state index is 0.223. The lowest BCUT2D eigenvalue weighted by atomic mass is 10.2. The first kappa shape index (κ1) is 19.2. The van der Waals surface area contributed by atoms with Crippen LogP contribution in [0.5, 0.6) is 0 Å². The first-order valence-corrected chi connectivity index (χ1v) is 9.06. The van der Waals surface area contributed by atoms with Gasteiger partial charge < -0.3 is 0 Å². The minimum atomic E-state index is -0.484. The van der Waals surface area contributed by atoms with E-state index in [4.69, 9.17) is 0 Å². The Bertz CT molecular complexity index is 1350. The maximum Gasteiger partial charge on any atom is 0.332 e. The lowest BCUT2D eigenvalue weighted by Crippen LogP contribution is -2.37. The molecule has 0 saturated heterocycles. The SMILES string of the molecule is Cn1c(=O)c2c(nc(NN=Cc3ccccn3)n2Cc2ccc(F)cc2)n(C)c1=O. The van der Waals surface area contributed by atoms with Crippen LogP contribution in [0.15, 0.2) is 63.4 Å². The molecule has 1 aromatic carbocycles. The summed E-state index contributed by atoms with van der Waals surface area (Å²) in [4.78, 5) is 33.7. The van der Waals surface area contributed by atoms with Gasteiger partial charge in [-0.25, -0.2) is 14.6 Å². The molecular weight excluding hydrogens is 389 g/mol. The maximum atomic E-state index is 13.3. The third-order valence-electron chi connectivity index (χ3n) is 4.65. The summed E-state index contributed by atoms with van der Waals surface area (Å²) in [6.07, 6.45) is 3.16. The molecule has 9 nitrogen and oxygen atoms in total. The van der Waals surface area contributed by atoms with E-state index in [0.29, 0.717) is 5.69 Å². The highest BCUT2D eigenvalue weighted by atomic mass is 19.1. The van der Waals surface area contributed by atoms with Gasteiger partial charge in [0.2, 0.25) is 5.95 Å². The second kappa shape index (κ2) is 7.74. The predicted octanol–water partition coefficient (Wildman–Crippen LogP) is 1.46. The number of aromatic nitrogens is 5. The van der Waals surface area contributed by atoms with Crippen molar-refractivity contribution in [2.75, 3.05) is 5.43 Å². The van der Waals surface area contributed by atoms with Gasteiger partial charge in [0.25, 0.3) is 5.56 Å². The van der Waals surface area contributed by atoms with E-state index >= 15 is 0 Å². The van der Waals surface area contributed by atoms with Crippen LogP contribution < -0.4 is 16.7 Å². The second-order valence-electron chi connectivity index (χ2n) is 6.65. The van der Waals surface area contributed by atoms with Crippen molar-refractivity contribution in [3.8, 4) is 0 Å². The van der Waals surface area contributed by atoms with Crippen molar-refractivity contribution in [1.82, 2.24) is 23.7 Å². The maximum absolute atomic E-state index is 13.3. The molecule has 0 radical (unpaired) electrons. The Morgan fingerprint density at radius 2 is 1.87 bits per heavy atom. The van der Waals surface area contributed by atoms with Crippen molar-refractivity contribution in [3.63, 3.8) is 0 Å². The van der Waals surface area contributed by atoms with Gasteiger partial charge in [0.1, 0.15) is 5.82 Å². The number of hydrogen-bond donors (Lipinski definition) is 1. The van der Waals surface area contributed by atoms with E-state index in [1.54, 1.807) is 42.1 Å². The van der Waals surface area contributed by atoms with Gasteiger partial charge in [-0.15, -0.1) is 0 Å². The summed E-state index contributed by atoms with van der Waals surface area (Å²) in [5.41, 5.74) is 3.70. The van der Waals surface area contributed by atoms with E-state index in [1.165, 1.54) is 30.0 Å². The molecule has 1 N–H and O–H groups in total. The van der Waals surface area contributed by atoms with Gasteiger partial charge in [-0.3, -0.25) is 23.5 Å². The fraction of sp³-hybridized carbons (Fsp3) is 0.150. The quantitative estimate of drug-likeness (QED) is 0.399.